The fraction of sp³-hybridized carbons (Fsp3) is 0.514. The Morgan fingerprint density at radius 3 is 2.32 bits per heavy atom. The van der Waals surface area contributed by atoms with Gasteiger partial charge in [-0.05, 0) is 88.1 Å². The van der Waals surface area contributed by atoms with E-state index in [0.717, 1.165) is 77.8 Å². The number of hydrogen-bond donors (Lipinski definition) is 1. The van der Waals surface area contributed by atoms with Gasteiger partial charge in [0, 0.05) is 60.8 Å². The molecule has 6 nitrogen and oxygen atoms in total. The van der Waals surface area contributed by atoms with E-state index >= 15 is 0 Å². The molecule has 2 aliphatic rings. The van der Waals surface area contributed by atoms with E-state index in [2.05, 4.69) is 24.8 Å². The molecule has 5 rings (SSSR count). The summed E-state index contributed by atoms with van der Waals surface area (Å²) >= 11 is 0. The predicted molar refractivity (Wildman–Crippen MR) is 175 cm³/mol. The summed E-state index contributed by atoms with van der Waals surface area (Å²) in [6.07, 6.45) is -3.40. The minimum Gasteiger partial charge on any atom is -0.479 e. The van der Waals surface area contributed by atoms with Crippen molar-refractivity contribution >= 4 is 11.7 Å². The van der Waals surface area contributed by atoms with Gasteiger partial charge in [0.25, 0.3) is 0 Å². The van der Waals surface area contributed by atoms with E-state index in [9.17, 15) is 27.5 Å². The number of alkyl halides is 3. The summed E-state index contributed by atoms with van der Waals surface area (Å²) in [5, 5.41) is 10.5. The first-order chi connectivity index (χ1) is 21.8. The number of ether oxygens (including phenoxy) is 1. The van der Waals surface area contributed by atoms with Gasteiger partial charge in [-0.2, -0.15) is 13.2 Å². The maximum Gasteiger partial charge on any atom is 0.416 e. The van der Waals surface area contributed by atoms with Gasteiger partial charge in [-0.15, -0.1) is 0 Å². The molecule has 0 amide bonds. The number of rotatable bonds is 7. The van der Waals surface area contributed by atoms with Gasteiger partial charge >= 0.3 is 12.1 Å². The topological polar surface area (TPSA) is 65.9 Å². The number of anilines is 1. The van der Waals surface area contributed by atoms with Crippen LogP contribution in [0, 0.1) is 25.1 Å². The van der Waals surface area contributed by atoms with Crippen molar-refractivity contribution in [2.24, 2.45) is 5.41 Å². The molecular weight excluding hydrogens is 610 g/mol. The van der Waals surface area contributed by atoms with Crippen molar-refractivity contribution in [3.63, 3.8) is 0 Å². The Hall–Kier alpha value is -3.50. The van der Waals surface area contributed by atoms with Gasteiger partial charge in [0.05, 0.1) is 16.9 Å². The van der Waals surface area contributed by atoms with E-state index in [1.165, 1.54) is 0 Å². The fourth-order valence-corrected chi connectivity index (χ4v) is 6.87. The molecule has 2 aromatic carbocycles. The number of aryl methyl sites for hydroxylation is 2. The van der Waals surface area contributed by atoms with Gasteiger partial charge in [-0.3, -0.25) is 9.88 Å². The molecule has 1 saturated heterocycles. The maximum atomic E-state index is 14.6. The summed E-state index contributed by atoms with van der Waals surface area (Å²) in [6, 6.07) is 9.14. The molecule has 0 radical (unpaired) electrons. The SMILES string of the molecule is Cc1nc(C)c([C@H](OC(C)(C)C)C(=O)O)c(N2CCC(C)(C)CC2)c1-c1ccc2c(c1)CCN(Cc1c(F)cccc1C(F)(F)F)C2. The van der Waals surface area contributed by atoms with Crippen LogP contribution in [-0.4, -0.2) is 46.2 Å². The standard InChI is InChI=1S/C37H45F4N3O3/c1-22-30(32(44-17-14-36(6,7)15-18-44)31(23(2)42-22)33(34(45)46)47-35(3,4)5)25-11-12-26-20-43(16-13-24(26)19-25)21-27-28(37(39,40)41)9-8-10-29(27)38/h8-12,19,33H,13-18,20-21H2,1-7H3,(H,45,46)/t33-/m0/s1. The van der Waals surface area contributed by atoms with E-state index in [4.69, 9.17) is 9.72 Å². The molecule has 3 heterocycles. The monoisotopic (exact) mass is 655 g/mol. The van der Waals surface area contributed by atoms with Crippen LogP contribution in [0.1, 0.15) is 92.8 Å². The van der Waals surface area contributed by atoms with Crippen LogP contribution in [0.2, 0.25) is 0 Å². The van der Waals surface area contributed by atoms with Gasteiger partial charge in [0.2, 0.25) is 0 Å². The highest BCUT2D eigenvalue weighted by Crippen LogP contribution is 2.45. The minimum absolute atomic E-state index is 0.146. The molecule has 1 atom stereocenters. The highest BCUT2D eigenvalue weighted by Gasteiger charge is 2.37. The molecule has 1 fully saturated rings. The Morgan fingerprint density at radius 1 is 1.02 bits per heavy atom. The molecule has 0 unspecified atom stereocenters. The smallest absolute Gasteiger partial charge is 0.416 e. The fourth-order valence-electron chi connectivity index (χ4n) is 6.87. The molecule has 47 heavy (non-hydrogen) atoms. The number of aliphatic carboxylic acids is 1. The predicted octanol–water partition coefficient (Wildman–Crippen LogP) is 8.65. The van der Waals surface area contributed by atoms with Crippen molar-refractivity contribution in [2.75, 3.05) is 24.5 Å². The molecule has 3 aromatic rings. The number of pyridine rings is 1. The average molecular weight is 656 g/mol. The van der Waals surface area contributed by atoms with Crippen LogP contribution < -0.4 is 4.90 Å². The largest absolute Gasteiger partial charge is 0.479 e. The first-order valence-electron chi connectivity index (χ1n) is 16.2. The zero-order chi connectivity index (χ0) is 34.5. The highest BCUT2D eigenvalue weighted by molar-refractivity contribution is 5.88. The third-order valence-corrected chi connectivity index (χ3v) is 9.36. The van der Waals surface area contributed by atoms with Crippen LogP contribution in [0.25, 0.3) is 11.1 Å². The van der Waals surface area contributed by atoms with Crippen molar-refractivity contribution in [1.82, 2.24) is 9.88 Å². The first kappa shape index (κ1) is 34.8. The summed E-state index contributed by atoms with van der Waals surface area (Å²) in [4.78, 5) is 21.8. The summed E-state index contributed by atoms with van der Waals surface area (Å²) in [6.45, 7) is 16.0. The van der Waals surface area contributed by atoms with Crippen LogP contribution in [-0.2, 0) is 35.2 Å². The number of carboxylic acid groups (broad SMARTS) is 1. The molecule has 0 saturated carbocycles. The van der Waals surface area contributed by atoms with Crippen LogP contribution in [0.3, 0.4) is 0 Å². The lowest BCUT2D eigenvalue weighted by molar-refractivity contribution is -0.160. The average Bonchev–Trinajstić information content (AvgIpc) is 2.95. The lowest BCUT2D eigenvalue weighted by Crippen LogP contribution is -2.39. The van der Waals surface area contributed by atoms with Crippen LogP contribution in [0.15, 0.2) is 36.4 Å². The van der Waals surface area contributed by atoms with Crippen molar-refractivity contribution in [2.45, 2.75) is 98.7 Å². The second kappa shape index (κ2) is 12.8. The summed E-state index contributed by atoms with van der Waals surface area (Å²) in [5.74, 6) is -1.94. The van der Waals surface area contributed by atoms with Crippen LogP contribution in [0.4, 0.5) is 23.2 Å². The zero-order valence-corrected chi connectivity index (χ0v) is 28.3. The molecular formula is C37H45F4N3O3. The number of carbonyl (C=O) groups is 1. The number of carboxylic acids is 1. The van der Waals surface area contributed by atoms with Crippen molar-refractivity contribution in [3.05, 3.63) is 81.4 Å². The highest BCUT2D eigenvalue weighted by atomic mass is 19.4. The van der Waals surface area contributed by atoms with Gasteiger partial charge in [0.1, 0.15) is 5.82 Å². The maximum absolute atomic E-state index is 14.6. The number of halogens is 4. The number of piperidine rings is 1. The summed E-state index contributed by atoms with van der Waals surface area (Å²) in [5.41, 5.74) is 4.73. The van der Waals surface area contributed by atoms with Gasteiger partial charge in [0.15, 0.2) is 6.10 Å². The quantitative estimate of drug-likeness (QED) is 0.257. The third kappa shape index (κ3) is 7.64. The molecule has 0 spiro atoms. The second-order valence-electron chi connectivity index (χ2n) is 14.7. The number of benzene rings is 2. The van der Waals surface area contributed by atoms with Crippen LogP contribution >= 0.6 is 0 Å². The Balaban J connectivity index is 1.56. The number of hydrogen-bond acceptors (Lipinski definition) is 5. The van der Waals surface area contributed by atoms with Gasteiger partial charge < -0.3 is 14.7 Å². The summed E-state index contributed by atoms with van der Waals surface area (Å²) in [7, 11) is 0. The molecule has 1 aromatic heterocycles. The first-order valence-corrected chi connectivity index (χ1v) is 16.2. The lowest BCUT2D eigenvalue weighted by Gasteiger charge is -2.41. The molecule has 10 heteroatoms. The zero-order valence-electron chi connectivity index (χ0n) is 28.3. The van der Waals surface area contributed by atoms with E-state index in [-0.39, 0.29) is 17.5 Å². The van der Waals surface area contributed by atoms with Crippen LogP contribution in [0.5, 0.6) is 0 Å². The van der Waals surface area contributed by atoms with E-state index in [1.807, 2.05) is 51.7 Å². The second-order valence-corrected chi connectivity index (χ2v) is 14.7. The van der Waals surface area contributed by atoms with Gasteiger partial charge in [-0.1, -0.05) is 38.1 Å². The Morgan fingerprint density at radius 2 is 1.70 bits per heavy atom. The Labute approximate surface area is 274 Å². The number of aromatic nitrogens is 1. The third-order valence-electron chi connectivity index (χ3n) is 9.36. The minimum atomic E-state index is -4.64. The molecule has 0 aliphatic carbocycles. The molecule has 0 bridgehead atoms. The van der Waals surface area contributed by atoms with E-state index in [1.54, 1.807) is 0 Å². The molecule has 2 aliphatic heterocycles. The van der Waals surface area contributed by atoms with E-state index < -0.39 is 35.2 Å². The van der Waals surface area contributed by atoms with Crippen molar-refractivity contribution < 1.29 is 32.2 Å². The normalized spacial score (nSPS) is 17.8. The molecule has 1 N–H and O–H groups in total. The Kier molecular flexibility index (Phi) is 9.51. The summed E-state index contributed by atoms with van der Waals surface area (Å²) < 4.78 is 61.8. The van der Waals surface area contributed by atoms with Gasteiger partial charge in [-0.25, -0.2) is 9.18 Å². The lowest BCUT2D eigenvalue weighted by atomic mass is 9.81. The molecule has 254 valence electrons. The van der Waals surface area contributed by atoms with Crippen molar-refractivity contribution in [3.8, 4) is 11.1 Å². The Bertz CT molecular complexity index is 1650. The van der Waals surface area contributed by atoms with E-state index in [0.29, 0.717) is 30.8 Å². The van der Waals surface area contributed by atoms with Crippen molar-refractivity contribution in [1.29, 1.82) is 0 Å². The number of fused-ring (bicyclic) bond motifs is 1. The number of nitrogens with zero attached hydrogens (tertiary/aromatic N) is 3.